The van der Waals surface area contributed by atoms with Gasteiger partial charge < -0.3 is 4.74 Å². The lowest BCUT2D eigenvalue weighted by atomic mass is 10.2. The fourth-order valence-electron chi connectivity index (χ4n) is 2.39. The Labute approximate surface area is 168 Å². The first-order valence-electron chi connectivity index (χ1n) is 8.14. The minimum absolute atomic E-state index is 0.346. The van der Waals surface area contributed by atoms with Crippen molar-refractivity contribution in [1.82, 2.24) is 4.31 Å². The number of benzene rings is 2. The Morgan fingerprint density at radius 2 is 1.67 bits per heavy atom. The van der Waals surface area contributed by atoms with Crippen molar-refractivity contribution in [3.8, 4) is 0 Å². The highest BCUT2D eigenvalue weighted by molar-refractivity contribution is 7.90. The van der Waals surface area contributed by atoms with Gasteiger partial charge in [-0.2, -0.15) is 17.8 Å². The number of nitrogens with zero attached hydrogens (tertiary/aromatic N) is 2. The van der Waals surface area contributed by atoms with Crippen LogP contribution in [0.2, 0.25) is 10.0 Å². The van der Waals surface area contributed by atoms with Crippen LogP contribution in [0.3, 0.4) is 0 Å². The molecule has 0 spiro atoms. The molecule has 1 heterocycles. The third kappa shape index (κ3) is 5.57. The molecule has 0 saturated carbocycles. The maximum Gasteiger partial charge on any atom is 0.301 e. The molecule has 0 unspecified atom stereocenters. The molecule has 7 nitrogen and oxygen atoms in total. The van der Waals surface area contributed by atoms with Gasteiger partial charge in [0.15, 0.2) is 0 Å². The van der Waals surface area contributed by atoms with Gasteiger partial charge in [0.05, 0.1) is 35.2 Å². The van der Waals surface area contributed by atoms with E-state index >= 15 is 0 Å². The molecular formula is C17H18Cl2N4O3S. The molecule has 2 aromatic carbocycles. The van der Waals surface area contributed by atoms with Crippen molar-refractivity contribution in [1.29, 1.82) is 0 Å². The van der Waals surface area contributed by atoms with Crippen LogP contribution in [0.25, 0.3) is 0 Å². The van der Waals surface area contributed by atoms with Crippen molar-refractivity contribution < 1.29 is 13.2 Å². The molecule has 1 aliphatic heterocycles. The number of ether oxygens (including phenoxy) is 1. The van der Waals surface area contributed by atoms with E-state index in [0.717, 1.165) is 5.56 Å². The lowest BCUT2D eigenvalue weighted by molar-refractivity contribution is 0.0733. The van der Waals surface area contributed by atoms with Crippen LogP contribution in [0, 0.1) is 0 Å². The Hall–Kier alpha value is -1.84. The molecule has 1 aliphatic rings. The number of hydrazone groups is 1. The average Bonchev–Trinajstić information content (AvgIpc) is 2.66. The van der Waals surface area contributed by atoms with Crippen LogP contribution in [0.15, 0.2) is 47.6 Å². The van der Waals surface area contributed by atoms with Gasteiger partial charge in [-0.25, -0.2) is 0 Å². The first kappa shape index (κ1) is 19.9. The molecular weight excluding hydrogens is 411 g/mol. The lowest BCUT2D eigenvalue weighted by Gasteiger charge is -2.26. The highest BCUT2D eigenvalue weighted by Crippen LogP contribution is 2.22. The second kappa shape index (κ2) is 8.90. The predicted molar refractivity (Wildman–Crippen MR) is 109 cm³/mol. The van der Waals surface area contributed by atoms with Gasteiger partial charge in [-0.1, -0.05) is 29.3 Å². The Balaban J connectivity index is 1.58. The largest absolute Gasteiger partial charge is 0.379 e. The number of morpholine rings is 1. The molecule has 0 radical (unpaired) electrons. The molecule has 2 aromatic rings. The maximum absolute atomic E-state index is 12.3. The van der Waals surface area contributed by atoms with Crippen LogP contribution in [0.4, 0.5) is 11.4 Å². The molecule has 0 atom stereocenters. The number of hydrogen-bond donors (Lipinski definition) is 2. The van der Waals surface area contributed by atoms with Crippen molar-refractivity contribution in [2.45, 2.75) is 0 Å². The Bertz CT molecular complexity index is 914. The number of anilines is 2. The molecule has 2 N–H and O–H groups in total. The molecule has 1 fully saturated rings. The zero-order valence-electron chi connectivity index (χ0n) is 14.2. The maximum atomic E-state index is 12.3. The van der Waals surface area contributed by atoms with E-state index in [1.165, 1.54) is 4.31 Å². The smallest absolute Gasteiger partial charge is 0.301 e. The summed E-state index contributed by atoms with van der Waals surface area (Å²) in [6, 6.07) is 12.0. The fraction of sp³-hybridized carbons (Fsp3) is 0.235. The molecule has 27 heavy (non-hydrogen) atoms. The molecule has 3 rings (SSSR count). The molecule has 1 saturated heterocycles. The summed E-state index contributed by atoms with van der Waals surface area (Å²) < 4.78 is 33.7. The first-order chi connectivity index (χ1) is 12.9. The van der Waals surface area contributed by atoms with E-state index in [9.17, 15) is 8.42 Å². The second-order valence-corrected chi connectivity index (χ2v) is 8.22. The van der Waals surface area contributed by atoms with Crippen molar-refractivity contribution >= 4 is 51.0 Å². The SMILES string of the molecule is O=S(=O)(Nc1ccc(N/N=C/c2ccc(Cl)c(Cl)c2)cc1)N1CCOCC1. The van der Waals surface area contributed by atoms with E-state index in [4.69, 9.17) is 27.9 Å². The minimum Gasteiger partial charge on any atom is -0.379 e. The Morgan fingerprint density at radius 1 is 1.00 bits per heavy atom. The number of rotatable bonds is 6. The standard InChI is InChI=1S/C17H18Cl2N4O3S/c18-16-6-1-13(11-17(16)19)12-20-21-14-2-4-15(5-3-14)22-27(24,25)23-7-9-26-10-8-23/h1-6,11-12,21-22H,7-10H2/b20-12+. The van der Waals surface area contributed by atoms with Crippen LogP contribution in [0.5, 0.6) is 0 Å². The second-order valence-electron chi connectivity index (χ2n) is 5.74. The summed E-state index contributed by atoms with van der Waals surface area (Å²) in [5.74, 6) is 0. The molecule has 0 aromatic heterocycles. The van der Waals surface area contributed by atoms with Crippen LogP contribution < -0.4 is 10.1 Å². The molecule has 0 aliphatic carbocycles. The fourth-order valence-corrected chi connectivity index (χ4v) is 3.89. The third-order valence-corrected chi connectivity index (χ3v) is 6.07. The quantitative estimate of drug-likeness (QED) is 0.545. The summed E-state index contributed by atoms with van der Waals surface area (Å²) in [7, 11) is -3.58. The Kier molecular flexibility index (Phi) is 6.56. The number of hydrogen-bond acceptors (Lipinski definition) is 5. The monoisotopic (exact) mass is 428 g/mol. The topological polar surface area (TPSA) is 83.0 Å². The zero-order chi connectivity index (χ0) is 19.3. The summed E-state index contributed by atoms with van der Waals surface area (Å²) in [5, 5.41) is 5.06. The van der Waals surface area contributed by atoms with Crippen LogP contribution in [0.1, 0.15) is 5.56 Å². The van der Waals surface area contributed by atoms with Crippen molar-refractivity contribution in [3.63, 3.8) is 0 Å². The first-order valence-corrected chi connectivity index (χ1v) is 10.3. The number of halogens is 2. The molecule has 10 heteroatoms. The van der Waals surface area contributed by atoms with Crippen LogP contribution in [-0.2, 0) is 14.9 Å². The molecule has 144 valence electrons. The van der Waals surface area contributed by atoms with Crippen molar-refractivity contribution in [3.05, 3.63) is 58.1 Å². The van der Waals surface area contributed by atoms with E-state index in [1.54, 1.807) is 48.7 Å². The summed E-state index contributed by atoms with van der Waals surface area (Å²) in [6.07, 6.45) is 1.61. The van der Waals surface area contributed by atoms with Gasteiger partial charge in [0.2, 0.25) is 0 Å². The molecule has 0 amide bonds. The van der Waals surface area contributed by atoms with Crippen molar-refractivity contribution in [2.75, 3.05) is 36.5 Å². The van der Waals surface area contributed by atoms with E-state index in [-0.39, 0.29) is 0 Å². The van der Waals surface area contributed by atoms with E-state index < -0.39 is 10.2 Å². The zero-order valence-corrected chi connectivity index (χ0v) is 16.6. The highest BCUT2D eigenvalue weighted by atomic mass is 35.5. The van der Waals surface area contributed by atoms with E-state index in [1.807, 2.05) is 0 Å². The van der Waals surface area contributed by atoms with Gasteiger partial charge >= 0.3 is 10.2 Å². The summed E-state index contributed by atoms with van der Waals surface area (Å²) in [6.45, 7) is 1.50. The van der Waals surface area contributed by atoms with Gasteiger partial charge in [-0.15, -0.1) is 0 Å². The van der Waals surface area contributed by atoms with E-state index in [0.29, 0.717) is 47.7 Å². The Morgan fingerprint density at radius 3 is 2.33 bits per heavy atom. The normalized spacial score (nSPS) is 15.8. The van der Waals surface area contributed by atoms with E-state index in [2.05, 4.69) is 15.2 Å². The third-order valence-electron chi connectivity index (χ3n) is 3.79. The number of nitrogens with one attached hydrogen (secondary N) is 2. The van der Waals surface area contributed by atoms with Crippen LogP contribution in [-0.4, -0.2) is 45.2 Å². The van der Waals surface area contributed by atoms with Gasteiger partial charge in [0, 0.05) is 18.8 Å². The summed E-state index contributed by atoms with van der Waals surface area (Å²) in [5.41, 5.74) is 4.85. The summed E-state index contributed by atoms with van der Waals surface area (Å²) in [4.78, 5) is 0. The van der Waals surface area contributed by atoms with Crippen molar-refractivity contribution in [2.24, 2.45) is 5.10 Å². The lowest BCUT2D eigenvalue weighted by Crippen LogP contribution is -2.43. The van der Waals surface area contributed by atoms with Gasteiger partial charge in [0.25, 0.3) is 0 Å². The van der Waals surface area contributed by atoms with Gasteiger partial charge in [-0.05, 0) is 42.0 Å². The van der Waals surface area contributed by atoms with Gasteiger partial charge in [-0.3, -0.25) is 10.1 Å². The minimum atomic E-state index is -3.58. The summed E-state index contributed by atoms with van der Waals surface area (Å²) >= 11 is 11.8. The van der Waals surface area contributed by atoms with Gasteiger partial charge in [0.1, 0.15) is 0 Å². The van der Waals surface area contributed by atoms with Crippen LogP contribution >= 0.6 is 23.2 Å². The average molecular weight is 429 g/mol. The predicted octanol–water partition coefficient (Wildman–Crippen LogP) is 3.43. The molecule has 0 bridgehead atoms. The highest BCUT2D eigenvalue weighted by Gasteiger charge is 2.23.